The Labute approximate surface area is 113 Å². The lowest BCUT2D eigenvalue weighted by Gasteiger charge is -2.27. The van der Waals surface area contributed by atoms with Crippen LogP contribution in [0.4, 0.5) is 4.79 Å². The van der Waals surface area contributed by atoms with E-state index in [1.165, 1.54) is 12.0 Å². The van der Waals surface area contributed by atoms with Gasteiger partial charge in [0.15, 0.2) is 0 Å². The number of carbonyl (C=O) groups excluding carboxylic acids is 2. The van der Waals surface area contributed by atoms with Crippen molar-refractivity contribution in [3.8, 4) is 0 Å². The van der Waals surface area contributed by atoms with Crippen LogP contribution in [0.5, 0.6) is 0 Å². The van der Waals surface area contributed by atoms with Crippen LogP contribution in [0.1, 0.15) is 27.2 Å². The van der Waals surface area contributed by atoms with Crippen LogP contribution in [0.15, 0.2) is 0 Å². The molecular formula is C11H21ClN2O4. The summed E-state index contributed by atoms with van der Waals surface area (Å²) in [6.07, 6.45) is -0.118. The van der Waals surface area contributed by atoms with Crippen molar-refractivity contribution in [1.29, 1.82) is 0 Å². The van der Waals surface area contributed by atoms with E-state index in [4.69, 9.17) is 10.5 Å². The molecule has 1 amide bonds. The summed E-state index contributed by atoms with van der Waals surface area (Å²) in [5, 5.41) is 0. The molecule has 1 aliphatic rings. The minimum atomic E-state index is -0.634. The summed E-state index contributed by atoms with van der Waals surface area (Å²) in [4.78, 5) is 24.7. The van der Waals surface area contributed by atoms with Crippen molar-refractivity contribution in [1.82, 2.24) is 4.90 Å². The average molecular weight is 281 g/mol. The zero-order valence-electron chi connectivity index (χ0n) is 11.1. The molecule has 1 fully saturated rings. The van der Waals surface area contributed by atoms with Crippen molar-refractivity contribution in [2.45, 2.75) is 44.9 Å². The molecule has 7 heteroatoms. The van der Waals surface area contributed by atoms with Gasteiger partial charge >= 0.3 is 12.1 Å². The van der Waals surface area contributed by atoms with E-state index in [9.17, 15) is 9.59 Å². The third-order valence-corrected chi connectivity index (χ3v) is 2.43. The van der Waals surface area contributed by atoms with E-state index in [0.717, 1.165) is 0 Å². The number of rotatable bonds is 1. The lowest BCUT2D eigenvalue weighted by Crippen LogP contribution is -2.44. The van der Waals surface area contributed by atoms with Gasteiger partial charge in [0.25, 0.3) is 0 Å². The van der Waals surface area contributed by atoms with Crippen LogP contribution in [0.3, 0.4) is 0 Å². The number of hydrogen-bond donors (Lipinski definition) is 1. The predicted molar refractivity (Wildman–Crippen MR) is 68.6 cm³/mol. The molecule has 0 bridgehead atoms. The number of esters is 1. The van der Waals surface area contributed by atoms with Crippen LogP contribution < -0.4 is 5.73 Å². The molecule has 1 saturated heterocycles. The molecule has 106 valence electrons. The molecule has 2 atom stereocenters. The van der Waals surface area contributed by atoms with E-state index >= 15 is 0 Å². The molecule has 0 aliphatic carbocycles. The van der Waals surface area contributed by atoms with Gasteiger partial charge in [0.1, 0.15) is 11.6 Å². The van der Waals surface area contributed by atoms with Gasteiger partial charge < -0.3 is 15.2 Å². The number of ether oxygens (including phenoxy) is 2. The Kier molecular flexibility index (Phi) is 5.89. The maximum absolute atomic E-state index is 11.9. The second-order valence-electron chi connectivity index (χ2n) is 5.17. The van der Waals surface area contributed by atoms with E-state index in [1.807, 2.05) is 0 Å². The Bertz CT molecular complexity index is 317. The second kappa shape index (κ2) is 6.24. The van der Waals surface area contributed by atoms with Gasteiger partial charge in [-0.25, -0.2) is 9.59 Å². The van der Waals surface area contributed by atoms with Crippen LogP contribution >= 0.6 is 12.4 Å². The number of hydrogen-bond acceptors (Lipinski definition) is 5. The van der Waals surface area contributed by atoms with E-state index in [2.05, 4.69) is 4.74 Å². The largest absolute Gasteiger partial charge is 0.467 e. The molecule has 0 aromatic rings. The lowest BCUT2D eigenvalue weighted by atomic mass is 10.2. The van der Waals surface area contributed by atoms with Gasteiger partial charge in [-0.05, 0) is 27.2 Å². The SMILES string of the molecule is COC(=O)C1C[C@H](N)CN1C(=O)OC(C)(C)C.Cl. The Morgan fingerprint density at radius 2 is 1.89 bits per heavy atom. The summed E-state index contributed by atoms with van der Waals surface area (Å²) in [5.41, 5.74) is 5.16. The summed E-state index contributed by atoms with van der Waals surface area (Å²) >= 11 is 0. The summed E-state index contributed by atoms with van der Waals surface area (Å²) < 4.78 is 9.87. The van der Waals surface area contributed by atoms with Crippen LogP contribution in [0.25, 0.3) is 0 Å². The van der Waals surface area contributed by atoms with Crippen molar-refractivity contribution < 1.29 is 19.1 Å². The van der Waals surface area contributed by atoms with Gasteiger partial charge in [0, 0.05) is 12.6 Å². The highest BCUT2D eigenvalue weighted by molar-refractivity contribution is 5.85. The molecule has 0 aromatic heterocycles. The molecule has 0 aromatic carbocycles. The number of methoxy groups -OCH3 is 1. The first-order valence-corrected chi connectivity index (χ1v) is 5.57. The summed E-state index contributed by atoms with van der Waals surface area (Å²) in [6, 6.07) is -0.850. The van der Waals surface area contributed by atoms with Crippen molar-refractivity contribution in [2.75, 3.05) is 13.7 Å². The van der Waals surface area contributed by atoms with Crippen LogP contribution in [0, 0.1) is 0 Å². The molecular weight excluding hydrogens is 260 g/mol. The predicted octanol–water partition coefficient (Wildman–Crippen LogP) is 0.918. The Morgan fingerprint density at radius 1 is 1.33 bits per heavy atom. The maximum atomic E-state index is 11.9. The minimum Gasteiger partial charge on any atom is -0.467 e. The molecule has 1 aliphatic heterocycles. The van der Waals surface area contributed by atoms with Crippen LogP contribution in [0.2, 0.25) is 0 Å². The molecule has 1 heterocycles. The van der Waals surface area contributed by atoms with E-state index in [0.29, 0.717) is 13.0 Å². The highest BCUT2D eigenvalue weighted by Crippen LogP contribution is 2.21. The van der Waals surface area contributed by atoms with Crippen LogP contribution in [-0.4, -0.2) is 48.3 Å². The standard InChI is InChI=1S/C11H20N2O4.ClH/c1-11(2,3)17-10(15)13-6-7(12)5-8(13)9(14)16-4;/h7-8H,5-6,12H2,1-4H3;1H/t7-,8?;/m0./s1. The number of likely N-dealkylation sites (tertiary alicyclic amines) is 1. The molecule has 18 heavy (non-hydrogen) atoms. The normalized spacial score (nSPS) is 23.3. The molecule has 1 rings (SSSR count). The monoisotopic (exact) mass is 280 g/mol. The number of nitrogens with two attached hydrogens (primary N) is 1. The average Bonchev–Trinajstić information content (AvgIpc) is 2.56. The van der Waals surface area contributed by atoms with Gasteiger partial charge in [-0.2, -0.15) is 0 Å². The van der Waals surface area contributed by atoms with Gasteiger partial charge in [-0.1, -0.05) is 0 Å². The van der Waals surface area contributed by atoms with E-state index in [-0.39, 0.29) is 18.4 Å². The summed E-state index contributed by atoms with van der Waals surface area (Å²) in [7, 11) is 1.29. The highest BCUT2D eigenvalue weighted by atomic mass is 35.5. The third-order valence-electron chi connectivity index (χ3n) is 2.43. The van der Waals surface area contributed by atoms with Gasteiger partial charge in [0.05, 0.1) is 7.11 Å². The fourth-order valence-corrected chi connectivity index (χ4v) is 1.75. The summed E-state index contributed by atoms with van der Waals surface area (Å²) in [6.45, 7) is 5.63. The van der Waals surface area contributed by atoms with Crippen molar-refractivity contribution in [3.05, 3.63) is 0 Å². The fraction of sp³-hybridized carbons (Fsp3) is 0.818. The first-order chi connectivity index (χ1) is 7.74. The first-order valence-electron chi connectivity index (χ1n) is 5.57. The van der Waals surface area contributed by atoms with Crippen molar-refractivity contribution >= 4 is 24.5 Å². The number of halogens is 1. The Morgan fingerprint density at radius 3 is 2.33 bits per heavy atom. The molecule has 0 saturated carbocycles. The number of nitrogens with zero attached hydrogens (tertiary/aromatic N) is 1. The van der Waals surface area contributed by atoms with Crippen LogP contribution in [-0.2, 0) is 14.3 Å². The van der Waals surface area contributed by atoms with Crippen molar-refractivity contribution in [3.63, 3.8) is 0 Å². The maximum Gasteiger partial charge on any atom is 0.411 e. The molecule has 0 radical (unpaired) electrons. The van der Waals surface area contributed by atoms with E-state index in [1.54, 1.807) is 20.8 Å². The zero-order chi connectivity index (χ0) is 13.2. The fourth-order valence-electron chi connectivity index (χ4n) is 1.75. The smallest absolute Gasteiger partial charge is 0.411 e. The number of amides is 1. The molecule has 0 spiro atoms. The highest BCUT2D eigenvalue weighted by Gasteiger charge is 2.40. The Balaban J connectivity index is 0.00000289. The molecule has 1 unspecified atom stereocenters. The Hall–Kier alpha value is -1.01. The second-order valence-corrected chi connectivity index (χ2v) is 5.17. The first kappa shape index (κ1) is 17.0. The van der Waals surface area contributed by atoms with Gasteiger partial charge in [0.2, 0.25) is 0 Å². The minimum absolute atomic E-state index is 0. The van der Waals surface area contributed by atoms with Gasteiger partial charge in [-0.15, -0.1) is 12.4 Å². The van der Waals surface area contributed by atoms with Crippen molar-refractivity contribution in [2.24, 2.45) is 5.73 Å². The van der Waals surface area contributed by atoms with E-state index < -0.39 is 23.7 Å². The van der Waals surface area contributed by atoms with Gasteiger partial charge in [-0.3, -0.25) is 4.90 Å². The number of carbonyl (C=O) groups is 2. The summed E-state index contributed by atoms with van der Waals surface area (Å²) in [5.74, 6) is -0.455. The molecule has 2 N–H and O–H groups in total. The lowest BCUT2D eigenvalue weighted by molar-refractivity contribution is -0.145. The zero-order valence-corrected chi connectivity index (χ0v) is 12.0. The quantitative estimate of drug-likeness (QED) is 0.722. The third kappa shape index (κ3) is 4.34. The molecule has 6 nitrogen and oxygen atoms in total. The topological polar surface area (TPSA) is 81.9 Å².